The average molecular weight is 339 g/mol. The van der Waals surface area contributed by atoms with Crippen molar-refractivity contribution >= 4 is 23.0 Å². The third-order valence-electron chi connectivity index (χ3n) is 3.67. The molecule has 1 aliphatic rings. The molecule has 10 heteroatoms. The first-order chi connectivity index (χ1) is 11.0. The van der Waals surface area contributed by atoms with Crippen molar-refractivity contribution in [3.63, 3.8) is 0 Å². The second-order valence-corrected chi connectivity index (χ2v) is 5.65. The first kappa shape index (κ1) is 15.6. The summed E-state index contributed by atoms with van der Waals surface area (Å²) in [7, 11) is 0. The summed E-state index contributed by atoms with van der Waals surface area (Å²) in [5.41, 5.74) is 0.362. The lowest BCUT2D eigenvalue weighted by Crippen LogP contribution is -2.46. The molecule has 1 saturated heterocycles. The Kier molecular flexibility index (Phi) is 4.39. The molecule has 0 spiro atoms. The maximum atomic E-state index is 11.2. The molecule has 0 aliphatic carbocycles. The number of rotatable bonds is 4. The maximum absolute atomic E-state index is 11.2. The molecule has 0 N–H and O–H groups in total. The Balaban J connectivity index is 1.68. The minimum Gasteiger partial charge on any atom is -0.362 e. The number of nitro groups is 1. The number of pyridine rings is 1. The second-order valence-electron chi connectivity index (χ2n) is 5.24. The molecular weight excluding hydrogens is 324 g/mol. The Morgan fingerprint density at radius 3 is 2.70 bits per heavy atom. The molecule has 0 radical (unpaired) electrons. The minimum absolute atomic E-state index is 0.0697. The quantitative estimate of drug-likeness (QED) is 0.612. The van der Waals surface area contributed by atoms with E-state index in [0.717, 1.165) is 13.1 Å². The molecule has 3 rings (SSSR count). The largest absolute Gasteiger partial charge is 0.362 e. The number of hydrogen-bond acceptors (Lipinski definition) is 8. The molecule has 3 heterocycles. The van der Waals surface area contributed by atoms with E-state index in [1.54, 1.807) is 6.92 Å². The van der Waals surface area contributed by atoms with E-state index in [-0.39, 0.29) is 5.69 Å². The van der Waals surface area contributed by atoms with Crippen molar-refractivity contribution in [3.05, 3.63) is 39.2 Å². The average Bonchev–Trinajstić information content (AvgIpc) is 2.93. The molecule has 2 aromatic heterocycles. The van der Waals surface area contributed by atoms with Crippen LogP contribution in [0.5, 0.6) is 0 Å². The van der Waals surface area contributed by atoms with Crippen molar-refractivity contribution in [1.82, 2.24) is 20.0 Å². The third kappa shape index (κ3) is 3.40. The van der Waals surface area contributed by atoms with Crippen LogP contribution in [0.15, 0.2) is 16.9 Å². The fourth-order valence-corrected chi connectivity index (χ4v) is 2.87. The number of halogens is 1. The summed E-state index contributed by atoms with van der Waals surface area (Å²) >= 11 is 6.12. The molecule has 0 saturated carbocycles. The van der Waals surface area contributed by atoms with Gasteiger partial charge in [-0.15, -0.1) is 0 Å². The van der Waals surface area contributed by atoms with Gasteiger partial charge in [-0.3, -0.25) is 20.0 Å². The zero-order valence-electron chi connectivity index (χ0n) is 12.5. The van der Waals surface area contributed by atoms with Gasteiger partial charge in [-0.2, -0.15) is 4.98 Å². The number of anilines is 1. The van der Waals surface area contributed by atoms with Gasteiger partial charge in [0, 0.05) is 39.3 Å². The smallest absolute Gasteiger partial charge is 0.312 e. The zero-order valence-corrected chi connectivity index (χ0v) is 13.2. The van der Waals surface area contributed by atoms with Gasteiger partial charge in [0.2, 0.25) is 5.89 Å². The van der Waals surface area contributed by atoms with Crippen LogP contribution in [0.25, 0.3) is 0 Å². The van der Waals surface area contributed by atoms with Crippen LogP contribution >= 0.6 is 11.6 Å². The van der Waals surface area contributed by atoms with E-state index in [2.05, 4.69) is 20.0 Å². The van der Waals surface area contributed by atoms with Crippen molar-refractivity contribution in [2.75, 3.05) is 31.1 Å². The van der Waals surface area contributed by atoms with Crippen molar-refractivity contribution < 1.29 is 9.45 Å². The highest BCUT2D eigenvalue weighted by Gasteiger charge is 2.27. The van der Waals surface area contributed by atoms with E-state index in [9.17, 15) is 10.1 Å². The van der Waals surface area contributed by atoms with E-state index >= 15 is 0 Å². The summed E-state index contributed by atoms with van der Waals surface area (Å²) in [6, 6.07) is 0. The molecule has 0 aromatic carbocycles. The van der Waals surface area contributed by atoms with Gasteiger partial charge in [-0.1, -0.05) is 16.8 Å². The molecule has 1 aliphatic heterocycles. The number of piperazine rings is 1. The lowest BCUT2D eigenvalue weighted by molar-refractivity contribution is -0.384. The minimum atomic E-state index is -0.456. The zero-order chi connectivity index (χ0) is 16.4. The van der Waals surface area contributed by atoms with Gasteiger partial charge in [0.05, 0.1) is 16.5 Å². The molecule has 2 aromatic rings. The molecule has 0 bridgehead atoms. The van der Waals surface area contributed by atoms with Gasteiger partial charge in [-0.05, 0) is 0 Å². The normalized spacial score (nSPS) is 15.8. The molecule has 122 valence electrons. The third-order valence-corrected chi connectivity index (χ3v) is 3.95. The van der Waals surface area contributed by atoms with Gasteiger partial charge < -0.3 is 9.42 Å². The monoisotopic (exact) mass is 338 g/mol. The Labute approximate surface area is 137 Å². The lowest BCUT2D eigenvalue weighted by Gasteiger charge is -2.35. The van der Waals surface area contributed by atoms with E-state index in [0.29, 0.717) is 42.1 Å². The van der Waals surface area contributed by atoms with E-state index < -0.39 is 4.92 Å². The van der Waals surface area contributed by atoms with Crippen LogP contribution in [-0.4, -0.2) is 51.1 Å². The van der Waals surface area contributed by atoms with Crippen LogP contribution in [0.4, 0.5) is 11.4 Å². The first-order valence-electron chi connectivity index (χ1n) is 7.09. The van der Waals surface area contributed by atoms with Gasteiger partial charge >= 0.3 is 5.69 Å². The summed E-state index contributed by atoms with van der Waals surface area (Å²) in [5.74, 6) is 1.18. The first-order valence-corrected chi connectivity index (χ1v) is 7.47. The Bertz CT molecular complexity index is 713. The molecule has 0 atom stereocenters. The predicted octanol–water partition coefficient (Wildman–Crippen LogP) is 1.66. The standard InChI is InChI=1S/C13H15ClN6O3/c1-9-16-12(17-23-9)8-18-2-4-19(5-3-18)13-10(14)6-15-7-11(13)20(21)22/h6-7H,2-5,8H2,1H3. The summed E-state index contributed by atoms with van der Waals surface area (Å²) < 4.78 is 4.96. The Morgan fingerprint density at radius 2 is 2.09 bits per heavy atom. The molecule has 9 nitrogen and oxygen atoms in total. The molecular formula is C13H15ClN6O3. The van der Waals surface area contributed by atoms with Gasteiger partial charge in [-0.25, -0.2) is 0 Å². The fraction of sp³-hybridized carbons (Fsp3) is 0.462. The topological polar surface area (TPSA) is 101 Å². The highest BCUT2D eigenvalue weighted by atomic mass is 35.5. The Morgan fingerprint density at radius 1 is 1.35 bits per heavy atom. The molecule has 0 unspecified atom stereocenters. The maximum Gasteiger partial charge on any atom is 0.312 e. The lowest BCUT2D eigenvalue weighted by atomic mass is 10.2. The number of nitrogens with zero attached hydrogens (tertiary/aromatic N) is 6. The van der Waals surface area contributed by atoms with Crippen LogP contribution in [-0.2, 0) is 6.54 Å². The second kappa shape index (κ2) is 6.47. The number of aromatic nitrogens is 3. The van der Waals surface area contributed by atoms with Gasteiger partial charge in [0.1, 0.15) is 11.9 Å². The van der Waals surface area contributed by atoms with E-state index in [1.807, 2.05) is 4.90 Å². The van der Waals surface area contributed by atoms with Crippen molar-refractivity contribution in [2.24, 2.45) is 0 Å². The van der Waals surface area contributed by atoms with Gasteiger partial charge in [0.15, 0.2) is 5.82 Å². The van der Waals surface area contributed by atoms with Crippen molar-refractivity contribution in [1.29, 1.82) is 0 Å². The van der Waals surface area contributed by atoms with Gasteiger partial charge in [0.25, 0.3) is 0 Å². The van der Waals surface area contributed by atoms with Crippen LogP contribution in [0.1, 0.15) is 11.7 Å². The summed E-state index contributed by atoms with van der Waals surface area (Å²) in [6.45, 7) is 5.05. The highest BCUT2D eigenvalue weighted by Crippen LogP contribution is 2.34. The van der Waals surface area contributed by atoms with Crippen LogP contribution in [0, 0.1) is 17.0 Å². The highest BCUT2D eigenvalue weighted by molar-refractivity contribution is 6.33. The van der Waals surface area contributed by atoms with Crippen LogP contribution in [0.2, 0.25) is 5.02 Å². The van der Waals surface area contributed by atoms with Crippen molar-refractivity contribution in [2.45, 2.75) is 13.5 Å². The Hall–Kier alpha value is -2.26. The van der Waals surface area contributed by atoms with E-state index in [1.165, 1.54) is 12.4 Å². The van der Waals surface area contributed by atoms with Crippen LogP contribution < -0.4 is 4.90 Å². The summed E-state index contributed by atoms with van der Waals surface area (Å²) in [6.07, 6.45) is 2.66. The fourth-order valence-electron chi connectivity index (χ4n) is 2.60. The molecule has 1 fully saturated rings. The molecule has 23 heavy (non-hydrogen) atoms. The SMILES string of the molecule is Cc1nc(CN2CCN(c3c(Cl)cncc3[N+](=O)[O-])CC2)no1. The predicted molar refractivity (Wildman–Crippen MR) is 82.4 cm³/mol. The van der Waals surface area contributed by atoms with E-state index in [4.69, 9.17) is 16.1 Å². The van der Waals surface area contributed by atoms with Crippen LogP contribution in [0.3, 0.4) is 0 Å². The summed E-state index contributed by atoms with van der Waals surface area (Å²) in [5, 5.41) is 15.3. The number of aryl methyl sites for hydroxylation is 1. The summed E-state index contributed by atoms with van der Waals surface area (Å²) in [4.78, 5) is 22.8. The number of hydrogen-bond donors (Lipinski definition) is 0. The molecule has 0 amide bonds. The van der Waals surface area contributed by atoms with Crippen molar-refractivity contribution in [3.8, 4) is 0 Å².